The first-order chi connectivity index (χ1) is 12.1. The zero-order valence-corrected chi connectivity index (χ0v) is 15.6. The van der Waals surface area contributed by atoms with E-state index in [1.807, 2.05) is 62.4 Å². The van der Waals surface area contributed by atoms with Crippen LogP contribution in [0.25, 0.3) is 6.08 Å². The number of hydrogen-bond acceptors (Lipinski definition) is 4. The molecule has 2 aromatic carbocycles. The van der Waals surface area contributed by atoms with Crippen molar-refractivity contribution in [3.05, 3.63) is 63.5 Å². The van der Waals surface area contributed by atoms with Crippen LogP contribution >= 0.6 is 23.4 Å². The summed E-state index contributed by atoms with van der Waals surface area (Å²) in [7, 11) is 0. The smallest absolute Gasteiger partial charge is 0.260 e. The Balaban J connectivity index is 1.78. The Bertz CT molecular complexity index is 823. The average Bonchev–Trinajstić information content (AvgIpc) is 2.92. The highest BCUT2D eigenvalue weighted by molar-refractivity contribution is 8.05. The molecular formula is C19H19ClN2O2S. The van der Waals surface area contributed by atoms with Crippen LogP contribution in [0.2, 0.25) is 5.02 Å². The maximum absolute atomic E-state index is 12.3. The zero-order chi connectivity index (χ0) is 17.8. The van der Waals surface area contributed by atoms with Crippen LogP contribution in [-0.4, -0.2) is 18.0 Å². The Morgan fingerprint density at radius 2 is 2.12 bits per heavy atom. The monoisotopic (exact) mass is 374 g/mol. The van der Waals surface area contributed by atoms with Crippen LogP contribution in [0, 0.1) is 6.92 Å². The van der Waals surface area contributed by atoms with E-state index in [1.165, 1.54) is 11.8 Å². The van der Waals surface area contributed by atoms with Gasteiger partial charge in [0.05, 0.1) is 11.5 Å². The van der Waals surface area contributed by atoms with Gasteiger partial charge < -0.3 is 15.4 Å². The summed E-state index contributed by atoms with van der Waals surface area (Å²) >= 11 is 7.50. The molecule has 1 amide bonds. The van der Waals surface area contributed by atoms with Crippen LogP contribution in [0.5, 0.6) is 5.75 Å². The van der Waals surface area contributed by atoms with Crippen molar-refractivity contribution in [2.75, 3.05) is 11.9 Å². The molecule has 1 aliphatic heterocycles. The van der Waals surface area contributed by atoms with E-state index in [0.717, 1.165) is 22.6 Å². The zero-order valence-electron chi connectivity index (χ0n) is 14.0. The summed E-state index contributed by atoms with van der Waals surface area (Å²) in [6, 6.07) is 13.3. The molecule has 4 nitrogen and oxygen atoms in total. The SMILES string of the molecule is CCOc1ccccc1/C=C1\SC(Nc2cc(Cl)ccc2C)NC1=O. The van der Waals surface area contributed by atoms with Gasteiger partial charge in [-0.1, -0.05) is 47.6 Å². The number of halogens is 1. The Morgan fingerprint density at radius 3 is 2.92 bits per heavy atom. The second-order valence-corrected chi connectivity index (χ2v) is 7.14. The lowest BCUT2D eigenvalue weighted by Gasteiger charge is -2.15. The molecular weight excluding hydrogens is 356 g/mol. The van der Waals surface area contributed by atoms with Crippen LogP contribution in [0.3, 0.4) is 0 Å². The van der Waals surface area contributed by atoms with E-state index < -0.39 is 0 Å². The molecule has 6 heteroatoms. The molecule has 2 N–H and O–H groups in total. The third-order valence-corrected chi connectivity index (χ3v) is 4.99. The Hall–Kier alpha value is -2.11. The molecule has 1 saturated heterocycles. The van der Waals surface area contributed by atoms with Gasteiger partial charge >= 0.3 is 0 Å². The number of ether oxygens (including phenoxy) is 1. The van der Waals surface area contributed by atoms with E-state index >= 15 is 0 Å². The summed E-state index contributed by atoms with van der Waals surface area (Å²) < 4.78 is 5.62. The maximum Gasteiger partial charge on any atom is 0.260 e. The molecule has 1 aliphatic rings. The second-order valence-electron chi connectivity index (χ2n) is 5.55. The molecule has 25 heavy (non-hydrogen) atoms. The number of nitrogens with one attached hydrogen (secondary N) is 2. The summed E-state index contributed by atoms with van der Waals surface area (Å²) in [6.07, 6.45) is 1.86. The number of aryl methyl sites for hydroxylation is 1. The number of benzene rings is 2. The minimum absolute atomic E-state index is 0.103. The van der Waals surface area contributed by atoms with Gasteiger partial charge in [0.2, 0.25) is 0 Å². The average molecular weight is 375 g/mol. The van der Waals surface area contributed by atoms with Crippen LogP contribution in [0.4, 0.5) is 5.69 Å². The molecule has 130 valence electrons. The highest BCUT2D eigenvalue weighted by atomic mass is 35.5. The third kappa shape index (κ3) is 4.30. The molecule has 0 aromatic heterocycles. The summed E-state index contributed by atoms with van der Waals surface area (Å²) in [5.74, 6) is 0.668. The Morgan fingerprint density at radius 1 is 1.32 bits per heavy atom. The third-order valence-electron chi connectivity index (χ3n) is 3.72. The lowest BCUT2D eigenvalue weighted by Crippen LogP contribution is -2.31. The van der Waals surface area contributed by atoms with Gasteiger partial charge in [0.25, 0.3) is 5.91 Å². The molecule has 1 atom stereocenters. The minimum atomic E-state index is -0.241. The van der Waals surface area contributed by atoms with Gasteiger partial charge in [-0.3, -0.25) is 4.79 Å². The van der Waals surface area contributed by atoms with Gasteiger partial charge in [-0.15, -0.1) is 0 Å². The quantitative estimate of drug-likeness (QED) is 0.748. The number of carbonyl (C=O) groups is 1. The number of anilines is 1. The molecule has 3 rings (SSSR count). The molecule has 0 aliphatic carbocycles. The van der Waals surface area contributed by atoms with Crippen molar-refractivity contribution in [1.29, 1.82) is 0 Å². The van der Waals surface area contributed by atoms with Crippen LogP contribution in [0.1, 0.15) is 18.1 Å². The fraction of sp³-hybridized carbons (Fsp3) is 0.211. The highest BCUT2D eigenvalue weighted by Gasteiger charge is 2.27. The van der Waals surface area contributed by atoms with Crippen molar-refractivity contribution in [1.82, 2.24) is 5.32 Å². The lowest BCUT2D eigenvalue weighted by atomic mass is 10.2. The minimum Gasteiger partial charge on any atom is -0.493 e. The maximum atomic E-state index is 12.3. The first kappa shape index (κ1) is 17.7. The topological polar surface area (TPSA) is 50.4 Å². The van der Waals surface area contributed by atoms with E-state index in [-0.39, 0.29) is 11.4 Å². The van der Waals surface area contributed by atoms with Crippen molar-refractivity contribution in [3.63, 3.8) is 0 Å². The van der Waals surface area contributed by atoms with Crippen molar-refractivity contribution in [2.24, 2.45) is 0 Å². The van der Waals surface area contributed by atoms with Gasteiger partial charge in [0, 0.05) is 16.3 Å². The second kappa shape index (κ2) is 7.85. The fourth-order valence-electron chi connectivity index (χ4n) is 2.48. The van der Waals surface area contributed by atoms with Gasteiger partial charge in [0.1, 0.15) is 5.75 Å². The molecule has 2 aromatic rings. The van der Waals surface area contributed by atoms with E-state index in [1.54, 1.807) is 0 Å². The summed E-state index contributed by atoms with van der Waals surface area (Å²) in [5.41, 5.74) is 2.62. The van der Waals surface area contributed by atoms with Gasteiger partial charge in [0.15, 0.2) is 5.50 Å². The predicted molar refractivity (Wildman–Crippen MR) is 105 cm³/mol. The first-order valence-electron chi connectivity index (χ1n) is 8.00. The Labute approximate surface area is 156 Å². The lowest BCUT2D eigenvalue weighted by molar-refractivity contribution is -0.116. The first-order valence-corrected chi connectivity index (χ1v) is 9.26. The summed E-state index contributed by atoms with van der Waals surface area (Å²) in [6.45, 7) is 4.52. The van der Waals surface area contributed by atoms with Crippen molar-refractivity contribution in [3.8, 4) is 5.75 Å². The Kier molecular flexibility index (Phi) is 5.56. The fourth-order valence-corrected chi connectivity index (χ4v) is 3.62. The molecule has 1 fully saturated rings. The summed E-state index contributed by atoms with van der Waals surface area (Å²) in [4.78, 5) is 12.9. The number of hydrogen-bond donors (Lipinski definition) is 2. The number of thioether (sulfide) groups is 1. The van der Waals surface area contributed by atoms with E-state index in [0.29, 0.717) is 16.5 Å². The van der Waals surface area contributed by atoms with E-state index in [2.05, 4.69) is 10.6 Å². The normalized spacial score (nSPS) is 18.3. The van der Waals surface area contributed by atoms with Crippen LogP contribution in [0.15, 0.2) is 47.4 Å². The van der Waals surface area contributed by atoms with Gasteiger partial charge in [-0.25, -0.2) is 0 Å². The molecule has 1 unspecified atom stereocenters. The summed E-state index contributed by atoms with van der Waals surface area (Å²) in [5, 5.41) is 6.90. The number of carbonyl (C=O) groups excluding carboxylic acids is 1. The number of rotatable bonds is 5. The number of para-hydroxylation sites is 1. The molecule has 0 saturated carbocycles. The molecule has 1 heterocycles. The van der Waals surface area contributed by atoms with Crippen LogP contribution in [-0.2, 0) is 4.79 Å². The van der Waals surface area contributed by atoms with E-state index in [4.69, 9.17) is 16.3 Å². The van der Waals surface area contributed by atoms with E-state index in [9.17, 15) is 4.79 Å². The predicted octanol–water partition coefficient (Wildman–Crippen LogP) is 4.65. The van der Waals surface area contributed by atoms with Gasteiger partial charge in [-0.05, 0) is 43.7 Å². The largest absolute Gasteiger partial charge is 0.493 e. The standard InChI is InChI=1S/C19H19ClN2O2S/c1-3-24-16-7-5-4-6-13(16)10-17-18(23)22-19(25-17)21-15-11-14(20)9-8-12(15)2/h4-11,19,21H,3H2,1-2H3,(H,22,23)/b17-10-. The molecule has 0 radical (unpaired) electrons. The van der Waals surface area contributed by atoms with Crippen molar-refractivity contribution in [2.45, 2.75) is 19.3 Å². The highest BCUT2D eigenvalue weighted by Crippen LogP contribution is 2.33. The van der Waals surface area contributed by atoms with Gasteiger partial charge in [-0.2, -0.15) is 0 Å². The molecule has 0 bridgehead atoms. The number of amides is 1. The van der Waals surface area contributed by atoms with Crippen molar-refractivity contribution < 1.29 is 9.53 Å². The molecule has 0 spiro atoms. The van der Waals surface area contributed by atoms with Crippen molar-refractivity contribution >= 4 is 41.0 Å². The van der Waals surface area contributed by atoms with Crippen LogP contribution < -0.4 is 15.4 Å².